The van der Waals surface area contributed by atoms with Crippen molar-refractivity contribution in [3.8, 4) is 28.2 Å². The maximum absolute atomic E-state index is 11.4. The van der Waals surface area contributed by atoms with Crippen molar-refractivity contribution in [3.63, 3.8) is 0 Å². The number of nitrogens with zero attached hydrogens (tertiary/aromatic N) is 4. The summed E-state index contributed by atoms with van der Waals surface area (Å²) in [5.74, 6) is -0.302. The molecule has 7 nitrogen and oxygen atoms in total. The average molecular weight is 470 g/mol. The van der Waals surface area contributed by atoms with Crippen LogP contribution in [0.2, 0.25) is 0 Å². The van der Waals surface area contributed by atoms with Crippen LogP contribution in [0.5, 0.6) is 0 Å². The Bertz CT molecular complexity index is 1300. The fraction of sp³-hybridized carbons (Fsp3) is 0.286. The molecular weight excluding hydrogens is 438 g/mol. The molecule has 4 rings (SSSR count). The van der Waals surface area contributed by atoms with Gasteiger partial charge in [0.1, 0.15) is 6.04 Å². The number of nitrogens with one attached hydrogen (secondary N) is 1. The Labute approximate surface area is 205 Å². The van der Waals surface area contributed by atoms with Gasteiger partial charge in [0, 0.05) is 12.1 Å². The third kappa shape index (κ3) is 5.46. The molecule has 0 fully saturated rings. The third-order valence-electron chi connectivity index (χ3n) is 6.15. The number of rotatable bonds is 8. The molecule has 1 aromatic heterocycles. The molecule has 0 unspecified atom stereocenters. The van der Waals surface area contributed by atoms with E-state index in [0.717, 1.165) is 22.4 Å². The van der Waals surface area contributed by atoms with Crippen molar-refractivity contribution in [2.45, 2.75) is 47.2 Å². The molecule has 35 heavy (non-hydrogen) atoms. The summed E-state index contributed by atoms with van der Waals surface area (Å²) in [7, 11) is 0. The highest BCUT2D eigenvalue weighted by molar-refractivity contribution is 5.74. The first-order valence-corrected chi connectivity index (χ1v) is 11.8. The van der Waals surface area contributed by atoms with Crippen LogP contribution in [-0.4, -0.2) is 37.3 Å². The van der Waals surface area contributed by atoms with E-state index in [4.69, 9.17) is 0 Å². The molecule has 0 radical (unpaired) electrons. The number of carbonyl (C=O) groups is 1. The number of hydrogen-bond donors (Lipinski definition) is 2. The van der Waals surface area contributed by atoms with Gasteiger partial charge in [-0.25, -0.2) is 0 Å². The minimum Gasteiger partial charge on any atom is -0.480 e. The zero-order chi connectivity index (χ0) is 25.1. The molecule has 0 aliphatic carbocycles. The molecule has 0 saturated heterocycles. The Morgan fingerprint density at radius 1 is 0.943 bits per heavy atom. The van der Waals surface area contributed by atoms with Gasteiger partial charge in [0.15, 0.2) is 0 Å². The first kappa shape index (κ1) is 24.3. The molecule has 3 aromatic carbocycles. The second-order valence-electron chi connectivity index (χ2n) is 9.36. The lowest BCUT2D eigenvalue weighted by Gasteiger charge is -2.17. The Morgan fingerprint density at radius 2 is 1.54 bits per heavy atom. The summed E-state index contributed by atoms with van der Waals surface area (Å²) < 4.78 is 0. The van der Waals surface area contributed by atoms with Gasteiger partial charge in [-0.15, -0.1) is 15.0 Å². The number of carboxylic acid groups (broad SMARTS) is 1. The summed E-state index contributed by atoms with van der Waals surface area (Å²) >= 11 is 0. The summed E-state index contributed by atoms with van der Waals surface area (Å²) in [6.45, 7) is 10.7. The van der Waals surface area contributed by atoms with Gasteiger partial charge < -0.3 is 10.4 Å². The van der Waals surface area contributed by atoms with Gasteiger partial charge >= 0.3 is 5.97 Å². The van der Waals surface area contributed by atoms with Gasteiger partial charge in [0.05, 0.1) is 5.69 Å². The standard InChI is InChI=1S/C28H31N5O2/c1-17(2)26(28(34)35)29-16-21-6-8-23(9-7-21)27-30-32-33(31-27)24-12-10-22(11-13-24)25-19(4)14-18(3)15-20(25)5/h6-15,17,26,29H,16H2,1-5H3,(H,34,35)/t26-/m1/s1. The number of tetrazole rings is 1. The van der Waals surface area contributed by atoms with Crippen LogP contribution in [-0.2, 0) is 11.3 Å². The number of hydrogen-bond acceptors (Lipinski definition) is 5. The largest absolute Gasteiger partial charge is 0.480 e. The van der Waals surface area contributed by atoms with Crippen molar-refractivity contribution in [2.24, 2.45) is 5.92 Å². The fourth-order valence-electron chi connectivity index (χ4n) is 4.44. The average Bonchev–Trinajstić information content (AvgIpc) is 3.29. The predicted molar refractivity (Wildman–Crippen MR) is 137 cm³/mol. The smallest absolute Gasteiger partial charge is 0.320 e. The Kier molecular flexibility index (Phi) is 7.07. The normalized spacial score (nSPS) is 12.2. The molecule has 180 valence electrons. The van der Waals surface area contributed by atoms with Crippen LogP contribution in [0.15, 0.2) is 60.7 Å². The lowest BCUT2D eigenvalue weighted by Crippen LogP contribution is -2.40. The molecule has 0 bridgehead atoms. The van der Waals surface area contributed by atoms with Crippen LogP contribution in [0.4, 0.5) is 0 Å². The number of aromatic nitrogens is 4. The van der Waals surface area contributed by atoms with E-state index in [1.165, 1.54) is 27.1 Å². The minimum absolute atomic E-state index is 0.00464. The summed E-state index contributed by atoms with van der Waals surface area (Å²) in [5, 5.41) is 25.4. The second kappa shape index (κ2) is 10.2. The zero-order valence-corrected chi connectivity index (χ0v) is 20.8. The number of aryl methyl sites for hydroxylation is 3. The van der Waals surface area contributed by atoms with Crippen molar-refractivity contribution in [1.29, 1.82) is 0 Å². The Hall–Kier alpha value is -3.84. The number of carboxylic acids is 1. The topological polar surface area (TPSA) is 92.9 Å². The maximum Gasteiger partial charge on any atom is 0.320 e. The number of benzene rings is 3. The molecule has 7 heteroatoms. The van der Waals surface area contributed by atoms with Crippen molar-refractivity contribution in [2.75, 3.05) is 0 Å². The van der Waals surface area contributed by atoms with E-state index in [0.29, 0.717) is 12.4 Å². The highest BCUT2D eigenvalue weighted by atomic mass is 16.4. The second-order valence-corrected chi connectivity index (χ2v) is 9.36. The zero-order valence-electron chi connectivity index (χ0n) is 20.8. The molecule has 1 heterocycles. The van der Waals surface area contributed by atoms with E-state index in [1.807, 2.05) is 50.2 Å². The van der Waals surface area contributed by atoms with E-state index >= 15 is 0 Å². The van der Waals surface area contributed by atoms with Crippen LogP contribution in [0, 0.1) is 26.7 Å². The van der Waals surface area contributed by atoms with Gasteiger partial charge in [-0.3, -0.25) is 4.79 Å². The third-order valence-corrected chi connectivity index (χ3v) is 6.15. The van der Waals surface area contributed by atoms with Gasteiger partial charge in [-0.1, -0.05) is 67.9 Å². The summed E-state index contributed by atoms with van der Waals surface area (Å²) in [6.07, 6.45) is 0. The van der Waals surface area contributed by atoms with Crippen LogP contribution < -0.4 is 5.32 Å². The van der Waals surface area contributed by atoms with E-state index in [-0.39, 0.29) is 5.92 Å². The van der Waals surface area contributed by atoms with Crippen molar-refractivity contribution >= 4 is 5.97 Å². The molecule has 2 N–H and O–H groups in total. The first-order chi connectivity index (χ1) is 16.7. The van der Waals surface area contributed by atoms with Gasteiger partial charge in [-0.2, -0.15) is 0 Å². The quantitative estimate of drug-likeness (QED) is 0.372. The summed E-state index contributed by atoms with van der Waals surface area (Å²) in [4.78, 5) is 12.9. The SMILES string of the molecule is Cc1cc(C)c(-c2ccc(-n3nnc(-c4ccc(CN[C@@H](C(=O)O)C(C)C)cc4)n3)cc2)c(C)c1. The van der Waals surface area contributed by atoms with Crippen molar-refractivity contribution < 1.29 is 9.90 Å². The molecule has 1 atom stereocenters. The molecule has 0 aliphatic rings. The van der Waals surface area contributed by atoms with Crippen molar-refractivity contribution in [1.82, 2.24) is 25.5 Å². The number of aliphatic carboxylic acids is 1. The first-order valence-electron chi connectivity index (χ1n) is 11.8. The molecule has 0 spiro atoms. The summed E-state index contributed by atoms with van der Waals surface area (Å²) in [6, 6.07) is 19.8. The molecule has 0 saturated carbocycles. The molecule has 0 aliphatic heterocycles. The van der Waals surface area contributed by atoms with E-state index in [1.54, 1.807) is 0 Å². The molecule has 4 aromatic rings. The Balaban J connectivity index is 1.47. The van der Waals surface area contributed by atoms with Gasteiger partial charge in [0.25, 0.3) is 0 Å². The van der Waals surface area contributed by atoms with Crippen LogP contribution in [0.1, 0.15) is 36.1 Å². The van der Waals surface area contributed by atoms with Crippen LogP contribution >= 0.6 is 0 Å². The van der Waals surface area contributed by atoms with Crippen molar-refractivity contribution in [3.05, 3.63) is 82.9 Å². The van der Waals surface area contributed by atoms with E-state index < -0.39 is 12.0 Å². The van der Waals surface area contributed by atoms with Crippen LogP contribution in [0.25, 0.3) is 28.2 Å². The minimum atomic E-state index is -0.838. The highest BCUT2D eigenvalue weighted by Gasteiger charge is 2.20. The maximum atomic E-state index is 11.4. The molecular formula is C28H31N5O2. The van der Waals surface area contributed by atoms with Crippen LogP contribution in [0.3, 0.4) is 0 Å². The van der Waals surface area contributed by atoms with E-state index in [2.05, 4.69) is 65.8 Å². The monoisotopic (exact) mass is 469 g/mol. The van der Waals surface area contributed by atoms with E-state index in [9.17, 15) is 9.90 Å². The fourth-order valence-corrected chi connectivity index (χ4v) is 4.44. The summed E-state index contributed by atoms with van der Waals surface area (Å²) in [5.41, 5.74) is 8.89. The lowest BCUT2D eigenvalue weighted by molar-refractivity contribution is -0.140. The van der Waals surface area contributed by atoms with Gasteiger partial charge in [0.2, 0.25) is 5.82 Å². The molecule has 0 amide bonds. The lowest BCUT2D eigenvalue weighted by atomic mass is 9.94. The predicted octanol–water partition coefficient (Wildman–Crippen LogP) is 5.12. The van der Waals surface area contributed by atoms with Gasteiger partial charge in [-0.05, 0) is 71.9 Å². The highest BCUT2D eigenvalue weighted by Crippen LogP contribution is 2.29. The Morgan fingerprint density at radius 3 is 2.11 bits per heavy atom.